The highest BCUT2D eigenvalue weighted by Gasteiger charge is 2.51. The van der Waals surface area contributed by atoms with Crippen molar-refractivity contribution in [3.8, 4) is 0 Å². The molecule has 4 aliphatic rings. The second-order valence-electron chi connectivity index (χ2n) is 6.97. The van der Waals surface area contributed by atoms with Crippen LogP contribution in [0.25, 0.3) is 0 Å². The van der Waals surface area contributed by atoms with Gasteiger partial charge in [0.1, 0.15) is 0 Å². The molecule has 0 aromatic heterocycles. The Kier molecular flexibility index (Phi) is 3.66. The monoisotopic (exact) mass is 397 g/mol. The molecule has 3 nitrogen and oxygen atoms in total. The van der Waals surface area contributed by atoms with Crippen LogP contribution >= 0.6 is 22.6 Å². The number of rotatable bonds is 1. The molecule has 0 saturated carbocycles. The van der Waals surface area contributed by atoms with Crippen molar-refractivity contribution in [1.82, 2.24) is 9.80 Å². The molecule has 0 radical (unpaired) electrons. The zero-order valence-corrected chi connectivity index (χ0v) is 14.9. The third kappa shape index (κ3) is 2.39. The van der Waals surface area contributed by atoms with Gasteiger partial charge in [-0.05, 0) is 85.8 Å². The molecule has 4 aliphatic heterocycles. The molecule has 114 valence electrons. The standard InChI is InChI=1S/C17H24IN3/c1-19-10-11-21(16-4-2-15(18)3-5-16)13-17(19)12-20-8-6-14(17)7-9-20/h2-5,14H,6-13H2,1H3. The Morgan fingerprint density at radius 1 is 1.00 bits per heavy atom. The number of piperidine rings is 3. The summed E-state index contributed by atoms with van der Waals surface area (Å²) in [6.45, 7) is 7.47. The molecule has 1 atom stereocenters. The number of likely N-dealkylation sites (N-methyl/N-ethyl adjacent to an activating group) is 1. The molecule has 4 heterocycles. The Bertz CT molecular complexity index is 509. The summed E-state index contributed by atoms with van der Waals surface area (Å²) in [4.78, 5) is 7.98. The van der Waals surface area contributed by atoms with Crippen molar-refractivity contribution >= 4 is 28.3 Å². The molecule has 5 rings (SSSR count). The zero-order valence-electron chi connectivity index (χ0n) is 12.8. The smallest absolute Gasteiger partial charge is 0.0538 e. The lowest BCUT2D eigenvalue weighted by Crippen LogP contribution is -2.73. The summed E-state index contributed by atoms with van der Waals surface area (Å²) < 4.78 is 1.32. The quantitative estimate of drug-likeness (QED) is 0.675. The molecule has 0 N–H and O–H groups in total. The maximum atomic E-state index is 2.69. The second-order valence-corrected chi connectivity index (χ2v) is 8.22. The highest BCUT2D eigenvalue weighted by Crippen LogP contribution is 2.41. The van der Waals surface area contributed by atoms with Crippen molar-refractivity contribution in [2.24, 2.45) is 5.92 Å². The summed E-state index contributed by atoms with van der Waals surface area (Å²) in [5.74, 6) is 0.888. The maximum absolute atomic E-state index is 2.69. The summed E-state index contributed by atoms with van der Waals surface area (Å²) in [7, 11) is 2.35. The molecule has 4 fully saturated rings. The predicted molar refractivity (Wildman–Crippen MR) is 95.9 cm³/mol. The highest BCUT2D eigenvalue weighted by atomic mass is 127. The highest BCUT2D eigenvalue weighted by molar-refractivity contribution is 14.1. The minimum absolute atomic E-state index is 0.387. The summed E-state index contributed by atoms with van der Waals surface area (Å²) in [5.41, 5.74) is 1.79. The van der Waals surface area contributed by atoms with Gasteiger partial charge in [0.15, 0.2) is 0 Å². The van der Waals surface area contributed by atoms with Gasteiger partial charge in [0.25, 0.3) is 0 Å². The van der Waals surface area contributed by atoms with Gasteiger partial charge in [0.05, 0.1) is 5.54 Å². The van der Waals surface area contributed by atoms with Crippen molar-refractivity contribution in [1.29, 1.82) is 0 Å². The van der Waals surface area contributed by atoms with Gasteiger partial charge < -0.3 is 9.80 Å². The van der Waals surface area contributed by atoms with E-state index in [9.17, 15) is 0 Å². The lowest BCUT2D eigenvalue weighted by atomic mass is 9.70. The predicted octanol–water partition coefficient (Wildman–Crippen LogP) is 2.51. The third-order valence-corrected chi connectivity index (χ3v) is 6.69. The van der Waals surface area contributed by atoms with Gasteiger partial charge in [-0.25, -0.2) is 0 Å². The van der Waals surface area contributed by atoms with E-state index in [1.54, 1.807) is 0 Å². The van der Waals surface area contributed by atoms with Gasteiger partial charge in [0.2, 0.25) is 0 Å². The minimum Gasteiger partial charge on any atom is -0.368 e. The summed E-state index contributed by atoms with van der Waals surface area (Å²) in [6.07, 6.45) is 2.79. The molecular formula is C17H24IN3. The Morgan fingerprint density at radius 2 is 1.71 bits per heavy atom. The van der Waals surface area contributed by atoms with E-state index < -0.39 is 0 Å². The Morgan fingerprint density at radius 3 is 2.33 bits per heavy atom. The van der Waals surface area contributed by atoms with Gasteiger partial charge in [-0.2, -0.15) is 0 Å². The number of fused-ring (bicyclic) bond motifs is 2. The van der Waals surface area contributed by atoms with Crippen molar-refractivity contribution in [2.45, 2.75) is 18.4 Å². The van der Waals surface area contributed by atoms with E-state index in [0.717, 1.165) is 12.5 Å². The first-order valence-electron chi connectivity index (χ1n) is 8.11. The van der Waals surface area contributed by atoms with Crippen molar-refractivity contribution in [3.63, 3.8) is 0 Å². The van der Waals surface area contributed by atoms with Gasteiger partial charge in [-0.1, -0.05) is 0 Å². The molecular weight excluding hydrogens is 373 g/mol. The van der Waals surface area contributed by atoms with Gasteiger partial charge in [-0.3, -0.25) is 4.90 Å². The van der Waals surface area contributed by atoms with E-state index in [1.807, 2.05) is 0 Å². The number of halogens is 1. The lowest BCUT2D eigenvalue weighted by Gasteiger charge is -2.61. The van der Waals surface area contributed by atoms with Crippen LogP contribution in [0.1, 0.15) is 12.8 Å². The number of hydrogen-bond acceptors (Lipinski definition) is 3. The molecule has 4 saturated heterocycles. The van der Waals surface area contributed by atoms with E-state index in [0.29, 0.717) is 5.54 Å². The molecule has 0 amide bonds. The largest absolute Gasteiger partial charge is 0.368 e. The fourth-order valence-electron chi connectivity index (χ4n) is 4.65. The van der Waals surface area contributed by atoms with E-state index in [4.69, 9.17) is 0 Å². The van der Waals surface area contributed by atoms with Crippen LogP contribution in [0.15, 0.2) is 24.3 Å². The maximum Gasteiger partial charge on any atom is 0.0538 e. The van der Waals surface area contributed by atoms with Crippen molar-refractivity contribution in [2.75, 3.05) is 51.2 Å². The SMILES string of the molecule is CN1CCN(c2ccc(I)cc2)CC12CN1CCC2CC1. The Hall–Kier alpha value is -0.330. The summed E-state index contributed by atoms with van der Waals surface area (Å²) >= 11 is 2.39. The Labute approximate surface area is 141 Å². The van der Waals surface area contributed by atoms with Gasteiger partial charge in [-0.15, -0.1) is 0 Å². The summed E-state index contributed by atoms with van der Waals surface area (Å²) in [5, 5.41) is 0. The molecule has 1 aromatic rings. The normalized spacial score (nSPS) is 36.4. The first-order valence-corrected chi connectivity index (χ1v) is 9.19. The van der Waals surface area contributed by atoms with E-state index in [-0.39, 0.29) is 0 Å². The first-order chi connectivity index (χ1) is 10.2. The third-order valence-electron chi connectivity index (χ3n) is 5.97. The van der Waals surface area contributed by atoms with Crippen LogP contribution in [-0.4, -0.2) is 61.7 Å². The van der Waals surface area contributed by atoms with Crippen LogP contribution in [-0.2, 0) is 0 Å². The number of anilines is 1. The van der Waals surface area contributed by atoms with E-state index >= 15 is 0 Å². The van der Waals surface area contributed by atoms with Gasteiger partial charge >= 0.3 is 0 Å². The number of piperazine rings is 1. The summed E-state index contributed by atoms with van der Waals surface area (Å²) in [6, 6.07) is 9.05. The minimum atomic E-state index is 0.387. The molecule has 4 heteroatoms. The molecule has 2 bridgehead atoms. The topological polar surface area (TPSA) is 9.72 Å². The molecule has 1 spiro atoms. The number of nitrogens with zero attached hydrogens (tertiary/aromatic N) is 3. The fraction of sp³-hybridized carbons (Fsp3) is 0.647. The van der Waals surface area contributed by atoms with Gasteiger partial charge in [0, 0.05) is 35.4 Å². The fourth-order valence-corrected chi connectivity index (χ4v) is 5.01. The first kappa shape index (κ1) is 14.3. The molecule has 0 aliphatic carbocycles. The van der Waals surface area contributed by atoms with E-state index in [2.05, 4.69) is 68.6 Å². The van der Waals surface area contributed by atoms with E-state index in [1.165, 1.54) is 54.8 Å². The van der Waals surface area contributed by atoms with Crippen LogP contribution in [0, 0.1) is 9.49 Å². The average molecular weight is 397 g/mol. The van der Waals surface area contributed by atoms with Crippen LogP contribution in [0.4, 0.5) is 5.69 Å². The second kappa shape index (κ2) is 5.39. The zero-order chi connectivity index (χ0) is 14.4. The van der Waals surface area contributed by atoms with Crippen LogP contribution in [0.2, 0.25) is 0 Å². The average Bonchev–Trinajstić information content (AvgIpc) is 2.52. The van der Waals surface area contributed by atoms with Crippen LogP contribution in [0.5, 0.6) is 0 Å². The lowest BCUT2D eigenvalue weighted by molar-refractivity contribution is -0.0653. The van der Waals surface area contributed by atoms with Crippen LogP contribution < -0.4 is 4.90 Å². The molecule has 1 unspecified atom stereocenters. The van der Waals surface area contributed by atoms with Crippen LogP contribution in [0.3, 0.4) is 0 Å². The number of hydrogen-bond donors (Lipinski definition) is 0. The Balaban J connectivity index is 1.61. The van der Waals surface area contributed by atoms with Crippen molar-refractivity contribution < 1.29 is 0 Å². The molecule has 1 aromatic carbocycles. The molecule has 21 heavy (non-hydrogen) atoms. The number of benzene rings is 1. The van der Waals surface area contributed by atoms with Crippen molar-refractivity contribution in [3.05, 3.63) is 27.8 Å².